The molecule has 1 aliphatic rings. The van der Waals surface area contributed by atoms with Gasteiger partial charge in [0.15, 0.2) is 0 Å². The van der Waals surface area contributed by atoms with Gasteiger partial charge in [-0.05, 0) is 24.1 Å². The van der Waals surface area contributed by atoms with Crippen LogP contribution in [0.1, 0.15) is 20.3 Å². The van der Waals surface area contributed by atoms with Gasteiger partial charge in [-0.2, -0.15) is 0 Å². The molecule has 1 aliphatic heterocycles. The molecule has 1 atom stereocenters. The van der Waals surface area contributed by atoms with Gasteiger partial charge in [0, 0.05) is 12.1 Å². The van der Waals surface area contributed by atoms with E-state index in [2.05, 4.69) is 5.32 Å². The maximum Gasteiger partial charge on any atom is 0.414 e. The Morgan fingerprint density at radius 2 is 2.26 bits per heavy atom. The van der Waals surface area contributed by atoms with Crippen LogP contribution < -0.4 is 15.0 Å². The number of anilines is 1. The summed E-state index contributed by atoms with van der Waals surface area (Å²) in [5.41, 5.74) is 0.636. The Bertz CT molecular complexity index is 591. The van der Waals surface area contributed by atoms with Crippen LogP contribution in [-0.4, -0.2) is 38.3 Å². The Morgan fingerprint density at radius 1 is 1.52 bits per heavy atom. The van der Waals surface area contributed by atoms with Crippen LogP contribution in [0.5, 0.6) is 5.75 Å². The van der Waals surface area contributed by atoms with Gasteiger partial charge in [0.05, 0.1) is 25.2 Å². The highest BCUT2D eigenvalue weighted by molar-refractivity contribution is 6.32. The molecule has 0 aromatic heterocycles. The van der Waals surface area contributed by atoms with Crippen LogP contribution >= 0.6 is 11.6 Å². The van der Waals surface area contributed by atoms with E-state index in [9.17, 15) is 9.59 Å². The number of hydrogen-bond acceptors (Lipinski definition) is 4. The fourth-order valence-electron chi connectivity index (χ4n) is 2.33. The number of carbonyl (C=O) groups excluding carboxylic acids is 2. The Labute approximate surface area is 140 Å². The molecule has 0 spiro atoms. The molecule has 1 unspecified atom stereocenters. The van der Waals surface area contributed by atoms with E-state index in [-0.39, 0.29) is 12.0 Å². The second-order valence-corrected chi connectivity index (χ2v) is 6.24. The minimum Gasteiger partial charge on any atom is -0.495 e. The van der Waals surface area contributed by atoms with Gasteiger partial charge >= 0.3 is 6.09 Å². The molecule has 0 aliphatic carbocycles. The van der Waals surface area contributed by atoms with Crippen LogP contribution in [0, 0.1) is 5.92 Å². The van der Waals surface area contributed by atoms with Crippen molar-refractivity contribution in [2.75, 3.05) is 25.1 Å². The molecule has 0 bridgehead atoms. The number of rotatable bonds is 6. The summed E-state index contributed by atoms with van der Waals surface area (Å²) >= 11 is 6.08. The standard InChI is InChI=1S/C16H21ClN2O4/c1-10(2)6-15(20)18-8-12-9-19(16(21)23-12)11-4-5-14(22-3)13(17)7-11/h4-5,7,10,12H,6,8-9H2,1-3H3,(H,18,20). The Morgan fingerprint density at radius 3 is 2.87 bits per heavy atom. The average Bonchev–Trinajstić information content (AvgIpc) is 2.85. The number of halogens is 1. The molecule has 1 aromatic rings. The Kier molecular flexibility index (Phi) is 5.71. The SMILES string of the molecule is COc1ccc(N2CC(CNC(=O)CC(C)C)OC2=O)cc1Cl. The number of benzene rings is 1. The normalized spacial score (nSPS) is 17.3. The molecule has 1 fully saturated rings. The van der Waals surface area contributed by atoms with Crippen molar-refractivity contribution in [2.45, 2.75) is 26.4 Å². The van der Waals surface area contributed by atoms with Crippen LogP contribution in [0.15, 0.2) is 18.2 Å². The molecular weight excluding hydrogens is 320 g/mol. The summed E-state index contributed by atoms with van der Waals surface area (Å²) in [6, 6.07) is 5.09. The second-order valence-electron chi connectivity index (χ2n) is 5.84. The zero-order chi connectivity index (χ0) is 17.0. The van der Waals surface area contributed by atoms with E-state index in [4.69, 9.17) is 21.1 Å². The number of ether oxygens (including phenoxy) is 2. The molecule has 0 saturated carbocycles. The molecule has 1 N–H and O–H groups in total. The van der Waals surface area contributed by atoms with Crippen molar-refractivity contribution < 1.29 is 19.1 Å². The number of hydrogen-bond donors (Lipinski definition) is 1. The summed E-state index contributed by atoms with van der Waals surface area (Å²) in [6.45, 7) is 4.62. The van der Waals surface area contributed by atoms with Gasteiger partial charge < -0.3 is 14.8 Å². The lowest BCUT2D eigenvalue weighted by molar-refractivity contribution is -0.122. The Hall–Kier alpha value is -1.95. The predicted octanol–water partition coefficient (Wildman–Crippen LogP) is 2.84. The highest BCUT2D eigenvalue weighted by Crippen LogP contribution is 2.31. The molecule has 2 rings (SSSR count). The lowest BCUT2D eigenvalue weighted by Crippen LogP contribution is -2.35. The molecule has 7 heteroatoms. The number of methoxy groups -OCH3 is 1. The third kappa shape index (κ3) is 4.51. The zero-order valence-electron chi connectivity index (χ0n) is 13.5. The van der Waals surface area contributed by atoms with Crippen molar-refractivity contribution in [1.29, 1.82) is 0 Å². The third-order valence-electron chi connectivity index (χ3n) is 3.44. The van der Waals surface area contributed by atoms with Crippen molar-refractivity contribution >= 4 is 29.3 Å². The van der Waals surface area contributed by atoms with Gasteiger partial charge in [-0.25, -0.2) is 4.79 Å². The quantitative estimate of drug-likeness (QED) is 0.864. The summed E-state index contributed by atoms with van der Waals surface area (Å²) in [6.07, 6.45) is -0.368. The maximum absolute atomic E-state index is 12.0. The molecule has 2 amide bonds. The first kappa shape index (κ1) is 17.4. The first-order valence-corrected chi connectivity index (χ1v) is 7.87. The van der Waals surface area contributed by atoms with E-state index in [0.29, 0.717) is 41.9 Å². The highest BCUT2D eigenvalue weighted by Gasteiger charge is 2.32. The largest absolute Gasteiger partial charge is 0.495 e. The van der Waals surface area contributed by atoms with Crippen molar-refractivity contribution in [3.05, 3.63) is 23.2 Å². The average molecular weight is 341 g/mol. The van der Waals surface area contributed by atoms with E-state index in [1.807, 2.05) is 13.8 Å². The van der Waals surface area contributed by atoms with Crippen LogP contribution in [0.4, 0.5) is 10.5 Å². The van der Waals surface area contributed by atoms with Gasteiger partial charge in [-0.1, -0.05) is 25.4 Å². The molecule has 6 nitrogen and oxygen atoms in total. The van der Waals surface area contributed by atoms with E-state index in [0.717, 1.165) is 0 Å². The zero-order valence-corrected chi connectivity index (χ0v) is 14.2. The van der Waals surface area contributed by atoms with Crippen LogP contribution in [0.25, 0.3) is 0 Å². The first-order chi connectivity index (χ1) is 10.9. The smallest absolute Gasteiger partial charge is 0.414 e. The number of nitrogens with zero attached hydrogens (tertiary/aromatic N) is 1. The van der Waals surface area contributed by atoms with Gasteiger partial charge in [0.1, 0.15) is 11.9 Å². The van der Waals surface area contributed by atoms with Gasteiger partial charge in [0.2, 0.25) is 5.91 Å². The predicted molar refractivity (Wildman–Crippen MR) is 88.1 cm³/mol. The van der Waals surface area contributed by atoms with Crippen molar-refractivity contribution in [1.82, 2.24) is 5.32 Å². The topological polar surface area (TPSA) is 67.9 Å². The fourth-order valence-corrected chi connectivity index (χ4v) is 2.58. The summed E-state index contributed by atoms with van der Waals surface area (Å²) in [7, 11) is 1.53. The lowest BCUT2D eigenvalue weighted by atomic mass is 10.1. The number of nitrogens with one attached hydrogen (secondary N) is 1. The molecule has 1 aromatic carbocycles. The molecule has 1 saturated heterocycles. The van der Waals surface area contributed by atoms with E-state index >= 15 is 0 Å². The van der Waals surface area contributed by atoms with Gasteiger partial charge in [-0.15, -0.1) is 0 Å². The molecular formula is C16H21ClN2O4. The maximum atomic E-state index is 12.0. The van der Waals surface area contributed by atoms with Crippen LogP contribution in [0.3, 0.4) is 0 Å². The number of cyclic esters (lactones) is 1. The molecule has 126 valence electrons. The molecule has 1 heterocycles. The number of carbonyl (C=O) groups is 2. The third-order valence-corrected chi connectivity index (χ3v) is 3.74. The van der Waals surface area contributed by atoms with Crippen molar-refractivity contribution in [3.8, 4) is 5.75 Å². The van der Waals surface area contributed by atoms with E-state index < -0.39 is 6.09 Å². The minimum atomic E-state index is -0.450. The van der Waals surface area contributed by atoms with E-state index in [1.54, 1.807) is 18.2 Å². The van der Waals surface area contributed by atoms with Gasteiger partial charge in [-0.3, -0.25) is 9.69 Å². The van der Waals surface area contributed by atoms with E-state index in [1.165, 1.54) is 12.0 Å². The molecule has 23 heavy (non-hydrogen) atoms. The van der Waals surface area contributed by atoms with Gasteiger partial charge in [0.25, 0.3) is 0 Å². The Balaban J connectivity index is 1.95. The summed E-state index contributed by atoms with van der Waals surface area (Å²) in [4.78, 5) is 25.1. The first-order valence-electron chi connectivity index (χ1n) is 7.49. The van der Waals surface area contributed by atoms with Crippen LogP contribution in [-0.2, 0) is 9.53 Å². The monoisotopic (exact) mass is 340 g/mol. The van der Waals surface area contributed by atoms with Crippen LogP contribution in [0.2, 0.25) is 5.02 Å². The fraction of sp³-hybridized carbons (Fsp3) is 0.500. The van der Waals surface area contributed by atoms with Crippen molar-refractivity contribution in [3.63, 3.8) is 0 Å². The summed E-state index contributed by atoms with van der Waals surface area (Å²) in [5.74, 6) is 0.793. The van der Waals surface area contributed by atoms with Crippen molar-refractivity contribution in [2.24, 2.45) is 5.92 Å². The lowest BCUT2D eigenvalue weighted by Gasteiger charge is -2.14. The minimum absolute atomic E-state index is 0.0398. The summed E-state index contributed by atoms with van der Waals surface area (Å²) in [5, 5.41) is 3.21. The number of amides is 2. The molecule has 0 radical (unpaired) electrons. The highest BCUT2D eigenvalue weighted by atomic mass is 35.5. The second kappa shape index (κ2) is 7.55. The summed E-state index contributed by atoms with van der Waals surface area (Å²) < 4.78 is 10.4.